The van der Waals surface area contributed by atoms with E-state index >= 15 is 0 Å². The first-order valence-electron chi connectivity index (χ1n) is 6.73. The second-order valence-corrected chi connectivity index (χ2v) is 5.40. The van der Waals surface area contributed by atoms with Gasteiger partial charge < -0.3 is 15.4 Å². The van der Waals surface area contributed by atoms with Gasteiger partial charge in [-0.3, -0.25) is 4.79 Å². The quantitative estimate of drug-likeness (QED) is 0.748. The average Bonchev–Trinajstić information content (AvgIpc) is 2.36. The number of ether oxygens (including phenoxy) is 1. The molecule has 1 rings (SSSR count). The topological polar surface area (TPSA) is 55.6 Å². The van der Waals surface area contributed by atoms with Crippen molar-refractivity contribution in [3.63, 3.8) is 0 Å². The number of carbonyl (C=O) groups excluding carboxylic acids is 1. The maximum absolute atomic E-state index is 12.2. The van der Waals surface area contributed by atoms with Crippen molar-refractivity contribution in [2.75, 3.05) is 19.7 Å². The third-order valence-electron chi connectivity index (χ3n) is 3.39. The SMILES string of the molecule is CCN(CC(C)C(N)=S)C(=O)CC1CCCCO1. The highest BCUT2D eigenvalue weighted by Gasteiger charge is 2.22. The van der Waals surface area contributed by atoms with E-state index in [1.165, 1.54) is 0 Å². The number of thiocarbonyl (C=S) groups is 1. The molecule has 1 aliphatic rings. The van der Waals surface area contributed by atoms with Gasteiger partial charge in [-0.1, -0.05) is 19.1 Å². The molecule has 1 heterocycles. The fourth-order valence-corrected chi connectivity index (χ4v) is 2.19. The molecule has 0 radical (unpaired) electrons. The van der Waals surface area contributed by atoms with E-state index in [0.29, 0.717) is 24.5 Å². The van der Waals surface area contributed by atoms with E-state index in [0.717, 1.165) is 25.9 Å². The van der Waals surface area contributed by atoms with E-state index in [2.05, 4.69) is 0 Å². The van der Waals surface area contributed by atoms with Crippen LogP contribution < -0.4 is 5.73 Å². The molecule has 0 aromatic carbocycles. The van der Waals surface area contributed by atoms with Crippen LogP contribution in [0.4, 0.5) is 0 Å². The molecule has 0 aromatic heterocycles. The molecule has 18 heavy (non-hydrogen) atoms. The second kappa shape index (κ2) is 7.69. The van der Waals surface area contributed by atoms with Gasteiger partial charge in [-0.25, -0.2) is 0 Å². The van der Waals surface area contributed by atoms with E-state index in [1.54, 1.807) is 0 Å². The van der Waals surface area contributed by atoms with Gasteiger partial charge in [-0.15, -0.1) is 0 Å². The van der Waals surface area contributed by atoms with Crippen LogP contribution in [0.15, 0.2) is 0 Å². The first-order valence-corrected chi connectivity index (χ1v) is 7.14. The molecule has 2 unspecified atom stereocenters. The highest BCUT2D eigenvalue weighted by Crippen LogP contribution is 2.17. The zero-order valence-corrected chi connectivity index (χ0v) is 12.2. The Morgan fingerprint density at radius 2 is 2.28 bits per heavy atom. The fraction of sp³-hybridized carbons (Fsp3) is 0.846. The molecule has 1 fully saturated rings. The molecule has 4 nitrogen and oxygen atoms in total. The standard InChI is InChI=1S/C13H24N2O2S/c1-3-15(9-10(2)13(14)18)12(16)8-11-6-4-5-7-17-11/h10-11H,3-9H2,1-2H3,(H2,14,18). The number of nitrogens with zero attached hydrogens (tertiary/aromatic N) is 1. The Morgan fingerprint density at radius 3 is 2.78 bits per heavy atom. The maximum Gasteiger partial charge on any atom is 0.225 e. The summed E-state index contributed by atoms with van der Waals surface area (Å²) >= 11 is 4.95. The molecular formula is C13H24N2O2S. The molecule has 2 N–H and O–H groups in total. The summed E-state index contributed by atoms with van der Waals surface area (Å²) in [5.74, 6) is 0.212. The van der Waals surface area contributed by atoms with Gasteiger partial charge >= 0.3 is 0 Å². The van der Waals surface area contributed by atoms with Gasteiger partial charge in [0.1, 0.15) is 0 Å². The number of hydrogen-bond acceptors (Lipinski definition) is 3. The minimum atomic E-state index is 0.0659. The van der Waals surface area contributed by atoms with Crippen molar-refractivity contribution in [2.24, 2.45) is 11.7 Å². The summed E-state index contributed by atoms with van der Waals surface area (Å²) in [7, 11) is 0. The lowest BCUT2D eigenvalue weighted by atomic mass is 10.1. The Bertz CT molecular complexity index is 291. The van der Waals surface area contributed by atoms with E-state index in [4.69, 9.17) is 22.7 Å². The number of rotatable bonds is 6. The zero-order chi connectivity index (χ0) is 13.5. The first-order chi connectivity index (χ1) is 8.54. The molecule has 0 aromatic rings. The van der Waals surface area contributed by atoms with Gasteiger partial charge in [-0.2, -0.15) is 0 Å². The number of nitrogens with two attached hydrogens (primary N) is 1. The maximum atomic E-state index is 12.2. The Kier molecular flexibility index (Phi) is 6.57. The molecule has 104 valence electrons. The molecule has 1 aliphatic heterocycles. The molecular weight excluding hydrogens is 248 g/mol. The van der Waals surface area contributed by atoms with E-state index in [9.17, 15) is 4.79 Å². The summed E-state index contributed by atoms with van der Waals surface area (Å²) < 4.78 is 5.60. The molecule has 2 atom stereocenters. The van der Waals surface area contributed by atoms with Crippen molar-refractivity contribution in [3.05, 3.63) is 0 Å². The van der Waals surface area contributed by atoms with Gasteiger partial charge in [0.15, 0.2) is 0 Å². The largest absolute Gasteiger partial charge is 0.393 e. The van der Waals surface area contributed by atoms with Gasteiger partial charge in [0, 0.05) is 25.6 Å². The lowest BCUT2D eigenvalue weighted by Crippen LogP contribution is -2.40. The van der Waals surface area contributed by atoms with Crippen LogP contribution >= 0.6 is 12.2 Å². The Balaban J connectivity index is 2.43. The molecule has 0 saturated carbocycles. The zero-order valence-electron chi connectivity index (χ0n) is 11.4. The Labute approximate surface area is 115 Å². The van der Waals surface area contributed by atoms with Crippen molar-refractivity contribution in [1.29, 1.82) is 0 Å². The normalized spacial score (nSPS) is 21.3. The lowest BCUT2D eigenvalue weighted by molar-refractivity contribution is -0.135. The average molecular weight is 272 g/mol. The van der Waals surface area contributed by atoms with E-state index < -0.39 is 0 Å². The van der Waals surface area contributed by atoms with Gasteiger partial charge in [0.05, 0.1) is 17.5 Å². The van der Waals surface area contributed by atoms with Crippen LogP contribution in [-0.2, 0) is 9.53 Å². The molecule has 1 saturated heterocycles. The Hall–Kier alpha value is -0.680. The van der Waals surface area contributed by atoms with Crippen LogP contribution in [0.3, 0.4) is 0 Å². The van der Waals surface area contributed by atoms with Crippen LogP contribution in [0.25, 0.3) is 0 Å². The number of amides is 1. The van der Waals surface area contributed by atoms with Crippen LogP contribution in [-0.4, -0.2) is 41.6 Å². The Morgan fingerprint density at radius 1 is 1.56 bits per heavy atom. The van der Waals surface area contributed by atoms with Gasteiger partial charge in [0.25, 0.3) is 0 Å². The summed E-state index contributed by atoms with van der Waals surface area (Å²) in [4.78, 5) is 14.5. The van der Waals surface area contributed by atoms with Crippen LogP contribution in [0.1, 0.15) is 39.5 Å². The van der Waals surface area contributed by atoms with Crippen LogP contribution in [0, 0.1) is 5.92 Å². The molecule has 1 amide bonds. The van der Waals surface area contributed by atoms with Crippen molar-refractivity contribution >= 4 is 23.1 Å². The minimum Gasteiger partial charge on any atom is -0.393 e. The summed E-state index contributed by atoms with van der Waals surface area (Å²) in [5, 5.41) is 0. The van der Waals surface area contributed by atoms with Crippen molar-refractivity contribution < 1.29 is 9.53 Å². The van der Waals surface area contributed by atoms with Crippen LogP contribution in [0.5, 0.6) is 0 Å². The predicted octanol–water partition coefficient (Wildman–Crippen LogP) is 1.72. The number of hydrogen-bond donors (Lipinski definition) is 1. The monoisotopic (exact) mass is 272 g/mol. The summed E-state index contributed by atoms with van der Waals surface area (Å²) in [6.45, 7) is 6.02. The minimum absolute atomic E-state index is 0.0659. The fourth-order valence-electron chi connectivity index (χ4n) is 2.12. The van der Waals surface area contributed by atoms with E-state index in [-0.39, 0.29) is 17.9 Å². The molecule has 5 heteroatoms. The van der Waals surface area contributed by atoms with Crippen molar-refractivity contribution in [2.45, 2.75) is 45.6 Å². The summed E-state index contributed by atoms with van der Waals surface area (Å²) in [6, 6.07) is 0. The van der Waals surface area contributed by atoms with Gasteiger partial charge in [0.2, 0.25) is 5.91 Å². The van der Waals surface area contributed by atoms with Crippen molar-refractivity contribution in [3.8, 4) is 0 Å². The third-order valence-corrected chi connectivity index (χ3v) is 3.79. The number of carbonyl (C=O) groups is 1. The summed E-state index contributed by atoms with van der Waals surface area (Å²) in [6.07, 6.45) is 3.85. The highest BCUT2D eigenvalue weighted by molar-refractivity contribution is 7.80. The van der Waals surface area contributed by atoms with Gasteiger partial charge in [-0.05, 0) is 26.2 Å². The molecule has 0 spiro atoms. The highest BCUT2D eigenvalue weighted by atomic mass is 32.1. The summed E-state index contributed by atoms with van der Waals surface area (Å²) in [5.41, 5.74) is 5.59. The predicted molar refractivity (Wildman–Crippen MR) is 76.4 cm³/mol. The third kappa shape index (κ3) is 4.90. The molecule has 0 aliphatic carbocycles. The smallest absolute Gasteiger partial charge is 0.225 e. The lowest BCUT2D eigenvalue weighted by Gasteiger charge is -2.28. The van der Waals surface area contributed by atoms with Crippen LogP contribution in [0.2, 0.25) is 0 Å². The first kappa shape index (κ1) is 15.4. The molecule has 0 bridgehead atoms. The van der Waals surface area contributed by atoms with E-state index in [1.807, 2.05) is 18.7 Å². The van der Waals surface area contributed by atoms with Crippen molar-refractivity contribution in [1.82, 2.24) is 4.90 Å². The second-order valence-electron chi connectivity index (χ2n) is 4.93.